The van der Waals surface area contributed by atoms with E-state index in [1.165, 1.54) is 4.88 Å². The second kappa shape index (κ2) is 5.40. The number of nitrogens with zero attached hydrogens (tertiary/aromatic N) is 1. The first-order valence-corrected chi connectivity index (χ1v) is 6.06. The average Bonchev–Trinajstić information content (AvgIpc) is 2.57. The quantitative estimate of drug-likeness (QED) is 0.763. The maximum Gasteiger partial charge on any atom is 0.223 e. The largest absolute Gasteiger partial charge is 0.341 e. The minimum Gasteiger partial charge on any atom is -0.341 e. The van der Waals surface area contributed by atoms with Crippen LogP contribution in [0.3, 0.4) is 0 Å². The van der Waals surface area contributed by atoms with Crippen molar-refractivity contribution in [3.8, 4) is 0 Å². The molecule has 0 spiro atoms. The van der Waals surface area contributed by atoms with E-state index in [2.05, 4.69) is 15.9 Å². The second-order valence-corrected chi connectivity index (χ2v) is 4.59. The molecule has 0 saturated carbocycles. The number of hydrogen-bond donors (Lipinski definition) is 0. The van der Waals surface area contributed by atoms with E-state index in [4.69, 9.17) is 0 Å². The Morgan fingerprint density at radius 1 is 1.69 bits per heavy atom. The molecule has 0 aliphatic rings. The standard InChI is InChI=1S/C9H12BrNOS/c1-11(9(12)4-5-10)7-8-3-2-6-13-8/h2-3,6H,4-5,7H2,1H3. The molecular formula is C9H12BrNOS. The van der Waals surface area contributed by atoms with E-state index in [-0.39, 0.29) is 5.91 Å². The van der Waals surface area contributed by atoms with Crippen molar-refractivity contribution in [2.24, 2.45) is 0 Å². The van der Waals surface area contributed by atoms with Gasteiger partial charge in [0.1, 0.15) is 0 Å². The summed E-state index contributed by atoms with van der Waals surface area (Å²) in [6, 6.07) is 4.05. The molecule has 1 heterocycles. The van der Waals surface area contributed by atoms with Crippen LogP contribution in [0.1, 0.15) is 11.3 Å². The zero-order valence-electron chi connectivity index (χ0n) is 7.50. The van der Waals surface area contributed by atoms with E-state index in [1.54, 1.807) is 16.2 Å². The van der Waals surface area contributed by atoms with Crippen molar-refractivity contribution in [3.63, 3.8) is 0 Å². The summed E-state index contributed by atoms with van der Waals surface area (Å²) in [4.78, 5) is 14.4. The van der Waals surface area contributed by atoms with Gasteiger partial charge in [-0.05, 0) is 11.4 Å². The number of rotatable bonds is 4. The fraction of sp³-hybridized carbons (Fsp3) is 0.444. The molecule has 0 fully saturated rings. The summed E-state index contributed by atoms with van der Waals surface area (Å²) in [6.45, 7) is 0.726. The van der Waals surface area contributed by atoms with Crippen molar-refractivity contribution in [2.75, 3.05) is 12.4 Å². The lowest BCUT2D eigenvalue weighted by Crippen LogP contribution is -2.25. The first-order valence-electron chi connectivity index (χ1n) is 4.06. The topological polar surface area (TPSA) is 20.3 Å². The number of alkyl halides is 1. The van der Waals surface area contributed by atoms with E-state index in [9.17, 15) is 4.79 Å². The summed E-state index contributed by atoms with van der Waals surface area (Å²) in [6.07, 6.45) is 0.571. The van der Waals surface area contributed by atoms with Crippen molar-refractivity contribution in [3.05, 3.63) is 22.4 Å². The molecule has 0 aliphatic carbocycles. The molecule has 1 aromatic rings. The Balaban J connectivity index is 2.41. The third kappa shape index (κ3) is 3.48. The lowest BCUT2D eigenvalue weighted by Gasteiger charge is -2.15. The summed E-state index contributed by atoms with van der Waals surface area (Å²) in [5.74, 6) is 0.185. The molecule has 1 rings (SSSR count). The molecule has 13 heavy (non-hydrogen) atoms. The molecule has 0 saturated heterocycles. The lowest BCUT2D eigenvalue weighted by molar-refractivity contribution is -0.129. The van der Waals surface area contributed by atoms with E-state index >= 15 is 0 Å². The van der Waals surface area contributed by atoms with Gasteiger partial charge in [-0.3, -0.25) is 4.79 Å². The highest BCUT2D eigenvalue weighted by molar-refractivity contribution is 9.09. The van der Waals surface area contributed by atoms with Crippen LogP contribution in [0.15, 0.2) is 17.5 Å². The van der Waals surface area contributed by atoms with Gasteiger partial charge in [-0.2, -0.15) is 0 Å². The van der Waals surface area contributed by atoms with Gasteiger partial charge in [0, 0.05) is 23.7 Å². The van der Waals surface area contributed by atoms with Crippen molar-refractivity contribution in [1.29, 1.82) is 0 Å². The first-order chi connectivity index (χ1) is 6.24. The van der Waals surface area contributed by atoms with E-state index in [1.807, 2.05) is 24.6 Å². The van der Waals surface area contributed by atoms with E-state index < -0.39 is 0 Å². The molecule has 72 valence electrons. The highest BCUT2D eigenvalue weighted by Gasteiger charge is 2.07. The van der Waals surface area contributed by atoms with Gasteiger partial charge < -0.3 is 4.90 Å². The molecule has 4 heteroatoms. The molecule has 1 amide bonds. The number of carbonyl (C=O) groups is 1. The van der Waals surface area contributed by atoms with Crippen LogP contribution in [-0.2, 0) is 11.3 Å². The minimum absolute atomic E-state index is 0.185. The van der Waals surface area contributed by atoms with Gasteiger partial charge in [-0.1, -0.05) is 22.0 Å². The number of carbonyl (C=O) groups excluding carboxylic acids is 1. The lowest BCUT2D eigenvalue weighted by atomic mass is 10.4. The van der Waals surface area contributed by atoms with Gasteiger partial charge in [0.25, 0.3) is 0 Å². The van der Waals surface area contributed by atoms with Crippen LogP contribution >= 0.6 is 27.3 Å². The third-order valence-corrected chi connectivity index (χ3v) is 2.96. The molecule has 2 nitrogen and oxygen atoms in total. The summed E-state index contributed by atoms with van der Waals surface area (Å²) >= 11 is 4.93. The Morgan fingerprint density at radius 3 is 3.00 bits per heavy atom. The minimum atomic E-state index is 0.185. The Morgan fingerprint density at radius 2 is 2.46 bits per heavy atom. The van der Waals surface area contributed by atoms with Crippen LogP contribution in [0.5, 0.6) is 0 Å². The van der Waals surface area contributed by atoms with Crippen molar-refractivity contribution in [2.45, 2.75) is 13.0 Å². The van der Waals surface area contributed by atoms with E-state index in [0.29, 0.717) is 6.42 Å². The van der Waals surface area contributed by atoms with Crippen LogP contribution in [0, 0.1) is 0 Å². The van der Waals surface area contributed by atoms with Crippen molar-refractivity contribution >= 4 is 33.2 Å². The SMILES string of the molecule is CN(Cc1cccs1)C(=O)CCBr. The third-order valence-electron chi connectivity index (χ3n) is 1.71. The maximum absolute atomic E-state index is 11.4. The Labute approximate surface area is 90.7 Å². The first kappa shape index (κ1) is 10.7. The summed E-state index contributed by atoms with van der Waals surface area (Å²) in [5.41, 5.74) is 0. The molecular weight excluding hydrogens is 250 g/mol. The zero-order valence-corrected chi connectivity index (χ0v) is 9.90. The van der Waals surface area contributed by atoms with Crippen molar-refractivity contribution < 1.29 is 4.79 Å². The Hall–Kier alpha value is -0.350. The molecule has 0 atom stereocenters. The fourth-order valence-corrected chi connectivity index (χ4v) is 2.09. The van der Waals surface area contributed by atoms with Crippen LogP contribution in [0.2, 0.25) is 0 Å². The molecule has 1 aromatic heterocycles. The van der Waals surface area contributed by atoms with Gasteiger partial charge >= 0.3 is 0 Å². The Kier molecular flexibility index (Phi) is 4.45. The van der Waals surface area contributed by atoms with Gasteiger partial charge in [0.05, 0.1) is 6.54 Å². The number of amides is 1. The average molecular weight is 262 g/mol. The van der Waals surface area contributed by atoms with Crippen LogP contribution in [-0.4, -0.2) is 23.2 Å². The molecule has 0 unspecified atom stereocenters. The molecule has 0 radical (unpaired) electrons. The van der Waals surface area contributed by atoms with Gasteiger partial charge in [-0.15, -0.1) is 11.3 Å². The zero-order chi connectivity index (χ0) is 9.68. The smallest absolute Gasteiger partial charge is 0.223 e. The summed E-state index contributed by atoms with van der Waals surface area (Å²) < 4.78 is 0. The van der Waals surface area contributed by atoms with Crippen LogP contribution < -0.4 is 0 Å². The maximum atomic E-state index is 11.4. The molecule has 0 aromatic carbocycles. The summed E-state index contributed by atoms with van der Waals surface area (Å²) in [7, 11) is 1.84. The van der Waals surface area contributed by atoms with Gasteiger partial charge in [0.15, 0.2) is 0 Å². The van der Waals surface area contributed by atoms with Gasteiger partial charge in [0.2, 0.25) is 5.91 Å². The number of halogens is 1. The van der Waals surface area contributed by atoms with Gasteiger partial charge in [-0.25, -0.2) is 0 Å². The predicted molar refractivity (Wildman–Crippen MR) is 59.2 cm³/mol. The molecule has 0 aliphatic heterocycles. The molecule has 0 N–H and O–H groups in total. The Bertz CT molecular complexity index is 261. The van der Waals surface area contributed by atoms with Crippen molar-refractivity contribution in [1.82, 2.24) is 4.90 Å². The number of hydrogen-bond acceptors (Lipinski definition) is 2. The number of thiophene rings is 1. The fourth-order valence-electron chi connectivity index (χ4n) is 0.996. The van der Waals surface area contributed by atoms with Crippen LogP contribution in [0.25, 0.3) is 0 Å². The highest BCUT2D eigenvalue weighted by Crippen LogP contribution is 2.11. The van der Waals surface area contributed by atoms with Crippen LogP contribution in [0.4, 0.5) is 0 Å². The second-order valence-electron chi connectivity index (χ2n) is 2.77. The monoisotopic (exact) mass is 261 g/mol. The normalized spacial score (nSPS) is 10.0. The van der Waals surface area contributed by atoms with E-state index in [0.717, 1.165) is 11.9 Å². The predicted octanol–water partition coefficient (Wildman–Crippen LogP) is 2.49. The highest BCUT2D eigenvalue weighted by atomic mass is 79.9. The molecule has 0 bridgehead atoms. The summed E-state index contributed by atoms with van der Waals surface area (Å²) in [5, 5.41) is 2.76.